The van der Waals surface area contributed by atoms with E-state index < -0.39 is 15.0 Å². The molecule has 0 bridgehead atoms. The second kappa shape index (κ2) is 4.70. The van der Waals surface area contributed by atoms with Gasteiger partial charge in [-0.05, 0) is 25.1 Å². The number of hydrogen-bond acceptors (Lipinski definition) is 4. The smallest absolute Gasteiger partial charge is 0.253 e. The van der Waals surface area contributed by atoms with Gasteiger partial charge in [0, 0.05) is 5.71 Å². The lowest BCUT2D eigenvalue weighted by Crippen LogP contribution is -2.19. The van der Waals surface area contributed by atoms with Crippen molar-refractivity contribution in [2.75, 3.05) is 10.2 Å². The number of carbonyl (C=O) groups is 1. The van der Waals surface area contributed by atoms with Gasteiger partial charge >= 0.3 is 0 Å². The third-order valence-corrected chi connectivity index (χ3v) is 4.60. The summed E-state index contributed by atoms with van der Waals surface area (Å²) in [5.74, 6) is -0.173. The zero-order valence-electron chi connectivity index (χ0n) is 9.63. The largest absolute Gasteiger partial charge is 0.272 e. The van der Waals surface area contributed by atoms with Crippen molar-refractivity contribution < 1.29 is 13.2 Å². The number of anilines is 1. The summed E-state index contributed by atoms with van der Waals surface area (Å²) >= 11 is 5.40. The molecule has 1 aromatic carbocycles. The zero-order chi connectivity index (χ0) is 13.3. The Kier molecular flexibility index (Phi) is 3.41. The molecular weight excluding hydrogens is 276 g/mol. The highest BCUT2D eigenvalue weighted by Gasteiger charge is 2.24. The number of halogens is 1. The second-order valence-corrected chi connectivity index (χ2v) is 6.51. The molecule has 1 aliphatic heterocycles. The maximum atomic E-state index is 11.7. The molecule has 7 heteroatoms. The summed E-state index contributed by atoms with van der Waals surface area (Å²) in [4.78, 5) is 11.7. The van der Waals surface area contributed by atoms with Crippen LogP contribution in [0.25, 0.3) is 0 Å². The van der Waals surface area contributed by atoms with E-state index in [4.69, 9.17) is 11.6 Å². The normalized spacial score (nSPS) is 16.0. The molecule has 18 heavy (non-hydrogen) atoms. The number of rotatable bonds is 3. The van der Waals surface area contributed by atoms with Crippen LogP contribution in [-0.2, 0) is 14.6 Å². The van der Waals surface area contributed by atoms with E-state index in [1.165, 1.54) is 17.1 Å². The highest BCUT2D eigenvalue weighted by Crippen LogP contribution is 2.24. The number of nitrogens with zero attached hydrogens (tertiary/aromatic N) is 2. The van der Waals surface area contributed by atoms with Crippen LogP contribution in [0, 0.1) is 0 Å². The minimum atomic E-state index is -3.50. The number of alkyl halides is 1. The molecule has 0 radical (unpaired) electrons. The highest BCUT2D eigenvalue weighted by molar-refractivity contribution is 7.92. The monoisotopic (exact) mass is 286 g/mol. The summed E-state index contributed by atoms with van der Waals surface area (Å²) in [5, 5.41) is 4.78. The topological polar surface area (TPSA) is 66.8 Å². The summed E-state index contributed by atoms with van der Waals surface area (Å²) in [6.45, 7) is 1.75. The van der Waals surface area contributed by atoms with Crippen molar-refractivity contribution >= 4 is 38.7 Å². The van der Waals surface area contributed by atoms with Gasteiger partial charge in [-0.25, -0.2) is 13.4 Å². The lowest BCUT2D eigenvalue weighted by atomic mass is 10.3. The molecule has 1 amide bonds. The minimum Gasteiger partial charge on any atom is -0.272 e. The fourth-order valence-electron chi connectivity index (χ4n) is 1.63. The molecule has 1 heterocycles. The van der Waals surface area contributed by atoms with E-state index in [1.807, 2.05) is 0 Å². The first kappa shape index (κ1) is 13.0. The Bertz CT molecular complexity index is 625. The molecular formula is C11H11ClN2O3S. The van der Waals surface area contributed by atoms with E-state index >= 15 is 0 Å². The zero-order valence-corrected chi connectivity index (χ0v) is 11.2. The van der Waals surface area contributed by atoms with Crippen molar-refractivity contribution in [3.05, 3.63) is 24.3 Å². The van der Waals surface area contributed by atoms with E-state index in [9.17, 15) is 13.2 Å². The summed E-state index contributed by atoms with van der Waals surface area (Å²) in [6, 6.07) is 6.04. The number of hydrazone groups is 1. The molecule has 0 spiro atoms. The quantitative estimate of drug-likeness (QED) is 0.795. The maximum Gasteiger partial charge on any atom is 0.253 e. The Morgan fingerprint density at radius 3 is 2.72 bits per heavy atom. The van der Waals surface area contributed by atoms with Crippen LogP contribution in [0.3, 0.4) is 0 Å². The van der Waals surface area contributed by atoms with E-state index in [-0.39, 0.29) is 17.2 Å². The predicted molar refractivity (Wildman–Crippen MR) is 69.6 cm³/mol. The number of hydrogen-bond donors (Lipinski definition) is 0. The average Bonchev–Trinajstić information content (AvgIpc) is 2.69. The van der Waals surface area contributed by atoms with Crippen LogP contribution < -0.4 is 5.01 Å². The van der Waals surface area contributed by atoms with Crippen LogP contribution in [0.15, 0.2) is 34.3 Å². The Morgan fingerprint density at radius 2 is 2.17 bits per heavy atom. The van der Waals surface area contributed by atoms with Crippen LogP contribution >= 0.6 is 11.6 Å². The molecule has 1 aromatic rings. The van der Waals surface area contributed by atoms with E-state index in [0.29, 0.717) is 11.4 Å². The van der Waals surface area contributed by atoms with Crippen molar-refractivity contribution in [2.45, 2.75) is 18.2 Å². The third-order valence-electron chi connectivity index (χ3n) is 2.48. The highest BCUT2D eigenvalue weighted by atomic mass is 35.5. The van der Waals surface area contributed by atoms with Crippen LogP contribution in [0.1, 0.15) is 13.3 Å². The predicted octanol–water partition coefficient (Wildman–Crippen LogP) is 1.77. The molecule has 0 saturated carbocycles. The van der Waals surface area contributed by atoms with Gasteiger partial charge in [0.15, 0.2) is 9.84 Å². The van der Waals surface area contributed by atoms with Crippen molar-refractivity contribution in [2.24, 2.45) is 5.10 Å². The molecule has 1 aliphatic rings. The van der Waals surface area contributed by atoms with E-state index in [2.05, 4.69) is 5.10 Å². The molecule has 0 fully saturated rings. The van der Waals surface area contributed by atoms with Gasteiger partial charge in [-0.15, -0.1) is 11.6 Å². The summed E-state index contributed by atoms with van der Waals surface area (Å²) < 4.78 is 23.3. The van der Waals surface area contributed by atoms with Gasteiger partial charge in [-0.3, -0.25) is 4.79 Å². The Labute approximate surface area is 110 Å². The third kappa shape index (κ3) is 2.39. The summed E-state index contributed by atoms with van der Waals surface area (Å²) in [5.41, 5.74) is 1.13. The van der Waals surface area contributed by atoms with Crippen molar-refractivity contribution in [3.63, 3.8) is 0 Å². The van der Waals surface area contributed by atoms with Crippen molar-refractivity contribution in [1.29, 1.82) is 0 Å². The van der Waals surface area contributed by atoms with Gasteiger partial charge in [-0.1, -0.05) is 6.07 Å². The second-order valence-electron chi connectivity index (χ2n) is 3.94. The van der Waals surface area contributed by atoms with E-state index in [1.54, 1.807) is 19.1 Å². The lowest BCUT2D eigenvalue weighted by Gasteiger charge is -2.12. The molecule has 0 aliphatic carbocycles. The molecule has 96 valence electrons. The Hall–Kier alpha value is -1.40. The molecule has 0 N–H and O–H groups in total. The Morgan fingerprint density at radius 1 is 1.44 bits per heavy atom. The Balaban J connectivity index is 2.43. The summed E-state index contributed by atoms with van der Waals surface area (Å²) in [7, 11) is -3.50. The molecule has 2 rings (SSSR count). The molecule has 0 atom stereocenters. The molecule has 5 nitrogen and oxygen atoms in total. The van der Waals surface area contributed by atoms with Crippen LogP contribution in [0.4, 0.5) is 5.69 Å². The fourth-order valence-corrected chi connectivity index (χ4v) is 2.72. The summed E-state index contributed by atoms with van der Waals surface area (Å²) in [6.07, 6.45) is 0.256. The minimum absolute atomic E-state index is 0.0857. The average molecular weight is 287 g/mol. The fraction of sp³-hybridized carbons (Fsp3) is 0.273. The number of amides is 1. The standard InChI is InChI=1S/C11H11ClN2O3S/c1-8-5-11(15)14(13-8)9-3-2-4-10(6-9)18(16,17)7-12/h2-4,6H,5,7H2,1H3. The van der Waals surface area contributed by atoms with Crippen LogP contribution in [0.2, 0.25) is 0 Å². The maximum absolute atomic E-state index is 11.7. The van der Waals surface area contributed by atoms with Crippen molar-refractivity contribution in [1.82, 2.24) is 0 Å². The SMILES string of the molecule is CC1=NN(c2cccc(S(=O)(=O)CCl)c2)C(=O)C1. The van der Waals surface area contributed by atoms with Gasteiger partial charge in [-0.2, -0.15) is 5.10 Å². The first-order valence-corrected chi connectivity index (χ1v) is 7.38. The molecule has 0 aromatic heterocycles. The van der Waals surface area contributed by atoms with Gasteiger partial charge in [0.05, 0.1) is 17.0 Å². The van der Waals surface area contributed by atoms with Gasteiger partial charge in [0.1, 0.15) is 5.21 Å². The lowest BCUT2D eigenvalue weighted by molar-refractivity contribution is -0.116. The molecule has 0 saturated heterocycles. The first-order chi connectivity index (χ1) is 8.44. The van der Waals surface area contributed by atoms with Crippen molar-refractivity contribution in [3.8, 4) is 0 Å². The number of sulfone groups is 1. The molecule has 0 unspecified atom stereocenters. The van der Waals surface area contributed by atoms with Crippen LogP contribution in [-0.4, -0.2) is 25.2 Å². The first-order valence-electron chi connectivity index (χ1n) is 5.20. The van der Waals surface area contributed by atoms with Gasteiger partial charge in [0.25, 0.3) is 5.91 Å². The van der Waals surface area contributed by atoms with Gasteiger partial charge in [0.2, 0.25) is 0 Å². The number of carbonyl (C=O) groups excluding carboxylic acids is 1. The van der Waals surface area contributed by atoms with E-state index in [0.717, 1.165) is 0 Å². The van der Waals surface area contributed by atoms with Crippen LogP contribution in [0.5, 0.6) is 0 Å². The number of benzene rings is 1. The van der Waals surface area contributed by atoms with Gasteiger partial charge < -0.3 is 0 Å².